The lowest BCUT2D eigenvalue weighted by atomic mass is 10.1. The van der Waals surface area contributed by atoms with E-state index in [-0.39, 0.29) is 0 Å². The summed E-state index contributed by atoms with van der Waals surface area (Å²) in [6.07, 6.45) is 5.61. The van der Waals surface area contributed by atoms with Crippen LogP contribution in [0.5, 0.6) is 11.5 Å². The van der Waals surface area contributed by atoms with Crippen LogP contribution in [-0.4, -0.2) is 54.8 Å². The Labute approximate surface area is 202 Å². The number of pyridine rings is 2. The second-order valence-corrected chi connectivity index (χ2v) is 8.36. The molecule has 0 unspecified atom stereocenters. The highest BCUT2D eigenvalue weighted by Crippen LogP contribution is 2.38. The first-order valence-corrected chi connectivity index (χ1v) is 11.2. The van der Waals surface area contributed by atoms with E-state index in [1.54, 1.807) is 26.5 Å². The molecule has 5 rings (SSSR count). The van der Waals surface area contributed by atoms with Crippen LogP contribution in [0.3, 0.4) is 0 Å². The van der Waals surface area contributed by atoms with Gasteiger partial charge < -0.3 is 23.7 Å². The largest absolute Gasteiger partial charge is 0.496 e. The molecule has 34 heavy (non-hydrogen) atoms. The van der Waals surface area contributed by atoms with E-state index >= 15 is 0 Å². The molecule has 4 heterocycles. The second kappa shape index (κ2) is 9.12. The van der Waals surface area contributed by atoms with Crippen LogP contribution in [0.4, 0.5) is 11.5 Å². The van der Waals surface area contributed by atoms with Crippen LogP contribution in [0.25, 0.3) is 16.9 Å². The summed E-state index contributed by atoms with van der Waals surface area (Å²) in [5, 5.41) is 9.47. The zero-order valence-corrected chi connectivity index (χ0v) is 19.7. The molecule has 0 N–H and O–H groups in total. The van der Waals surface area contributed by atoms with Crippen molar-refractivity contribution in [2.45, 2.75) is 0 Å². The van der Waals surface area contributed by atoms with Crippen molar-refractivity contribution in [3.63, 3.8) is 0 Å². The number of fused-ring (bicyclic) bond motifs is 1. The summed E-state index contributed by atoms with van der Waals surface area (Å²) in [5.41, 5.74) is 4.12. The van der Waals surface area contributed by atoms with E-state index in [2.05, 4.69) is 33.0 Å². The highest BCUT2D eigenvalue weighted by molar-refractivity contribution is 6.32. The monoisotopic (exact) mass is 474 g/mol. The van der Waals surface area contributed by atoms with Crippen molar-refractivity contribution in [1.82, 2.24) is 14.4 Å². The first kappa shape index (κ1) is 21.9. The lowest BCUT2D eigenvalue weighted by molar-refractivity contribution is 0.395. The summed E-state index contributed by atoms with van der Waals surface area (Å²) in [5.74, 6) is 2.11. The van der Waals surface area contributed by atoms with Gasteiger partial charge in [0.1, 0.15) is 29.0 Å². The second-order valence-electron chi connectivity index (χ2n) is 7.95. The fourth-order valence-corrected chi connectivity index (χ4v) is 4.43. The smallest absolute Gasteiger partial charge is 0.141 e. The maximum atomic E-state index is 8.97. The van der Waals surface area contributed by atoms with Gasteiger partial charge in [-0.05, 0) is 24.3 Å². The average Bonchev–Trinajstić information content (AvgIpc) is 3.32. The van der Waals surface area contributed by atoms with Crippen LogP contribution in [0.2, 0.25) is 5.02 Å². The van der Waals surface area contributed by atoms with Gasteiger partial charge in [0.05, 0.1) is 30.5 Å². The number of aromatic nitrogens is 3. The molecule has 4 aromatic rings. The quantitative estimate of drug-likeness (QED) is 0.427. The topological polar surface area (TPSA) is 78.9 Å². The number of piperazine rings is 1. The predicted molar refractivity (Wildman–Crippen MR) is 132 cm³/mol. The number of benzene rings is 1. The Balaban J connectivity index is 1.36. The van der Waals surface area contributed by atoms with Crippen molar-refractivity contribution in [3.05, 3.63) is 65.6 Å². The Kier molecular flexibility index (Phi) is 5.86. The molecule has 1 aliphatic rings. The maximum absolute atomic E-state index is 8.97. The summed E-state index contributed by atoms with van der Waals surface area (Å²) in [6, 6.07) is 13.6. The normalized spacial score (nSPS) is 13.7. The summed E-state index contributed by atoms with van der Waals surface area (Å²) in [6.45, 7) is 3.44. The summed E-state index contributed by atoms with van der Waals surface area (Å²) >= 11 is 6.36. The SMILES string of the molecule is COc1cc(OC)c(-c2cn3ccc(N4CCN(c5ccc(C#N)cn5)CC4)cc3n2)cc1Cl. The van der Waals surface area contributed by atoms with E-state index in [0.29, 0.717) is 22.1 Å². The summed E-state index contributed by atoms with van der Waals surface area (Å²) in [4.78, 5) is 13.8. The van der Waals surface area contributed by atoms with Gasteiger partial charge in [-0.1, -0.05) is 11.6 Å². The average molecular weight is 475 g/mol. The van der Waals surface area contributed by atoms with E-state index in [1.807, 2.05) is 35.0 Å². The van der Waals surface area contributed by atoms with E-state index in [0.717, 1.165) is 54.6 Å². The van der Waals surface area contributed by atoms with Crippen molar-refractivity contribution in [2.24, 2.45) is 0 Å². The highest BCUT2D eigenvalue weighted by atomic mass is 35.5. The number of nitrogens with zero attached hydrogens (tertiary/aromatic N) is 6. The predicted octanol–water partition coefficient (Wildman–Crippen LogP) is 4.27. The third-order valence-electron chi connectivity index (χ3n) is 6.04. The Morgan fingerprint density at radius 1 is 0.971 bits per heavy atom. The minimum Gasteiger partial charge on any atom is -0.496 e. The van der Waals surface area contributed by atoms with Gasteiger partial charge in [-0.3, -0.25) is 0 Å². The number of anilines is 2. The van der Waals surface area contributed by atoms with Gasteiger partial charge in [0, 0.05) is 68.2 Å². The van der Waals surface area contributed by atoms with Crippen molar-refractivity contribution >= 4 is 28.8 Å². The number of methoxy groups -OCH3 is 2. The number of imidazole rings is 1. The van der Waals surface area contributed by atoms with Gasteiger partial charge in [-0.2, -0.15) is 5.26 Å². The molecule has 0 atom stereocenters. The van der Waals surface area contributed by atoms with Gasteiger partial charge in [0.25, 0.3) is 0 Å². The number of rotatable bonds is 5. The van der Waals surface area contributed by atoms with Crippen molar-refractivity contribution < 1.29 is 9.47 Å². The van der Waals surface area contributed by atoms with E-state index in [4.69, 9.17) is 31.3 Å². The molecule has 0 bridgehead atoms. The van der Waals surface area contributed by atoms with Gasteiger partial charge in [0.15, 0.2) is 0 Å². The van der Waals surface area contributed by atoms with Crippen LogP contribution < -0.4 is 19.3 Å². The molecule has 8 nitrogen and oxygen atoms in total. The molecule has 1 saturated heterocycles. The minimum absolute atomic E-state index is 0.505. The molecule has 0 saturated carbocycles. The zero-order chi connectivity index (χ0) is 23.7. The third kappa shape index (κ3) is 4.06. The number of nitriles is 1. The molecule has 3 aromatic heterocycles. The molecule has 0 spiro atoms. The molecule has 9 heteroatoms. The third-order valence-corrected chi connectivity index (χ3v) is 6.33. The van der Waals surface area contributed by atoms with Crippen molar-refractivity contribution in [3.8, 4) is 28.8 Å². The van der Waals surface area contributed by atoms with E-state index in [9.17, 15) is 0 Å². The van der Waals surface area contributed by atoms with Gasteiger partial charge >= 0.3 is 0 Å². The van der Waals surface area contributed by atoms with Crippen LogP contribution in [-0.2, 0) is 0 Å². The Bertz CT molecular complexity index is 1370. The molecule has 172 valence electrons. The first-order chi connectivity index (χ1) is 16.6. The highest BCUT2D eigenvalue weighted by Gasteiger charge is 2.20. The Hall–Kier alpha value is -3.96. The van der Waals surface area contributed by atoms with Crippen LogP contribution in [0, 0.1) is 11.3 Å². The number of hydrogen-bond acceptors (Lipinski definition) is 7. The molecule has 0 radical (unpaired) electrons. The Morgan fingerprint density at radius 2 is 1.74 bits per heavy atom. The standard InChI is InChI=1S/C25H23ClN6O2/c1-33-22-13-23(34-2)20(26)12-19(22)21-16-32-6-5-18(11-25(32)29-21)30-7-9-31(10-8-30)24-4-3-17(14-27)15-28-24/h3-6,11-13,15-16H,7-10H2,1-2H3. The minimum atomic E-state index is 0.505. The van der Waals surface area contributed by atoms with Crippen LogP contribution in [0.15, 0.2) is 55.0 Å². The summed E-state index contributed by atoms with van der Waals surface area (Å²) < 4.78 is 12.8. The molecule has 1 aliphatic heterocycles. The maximum Gasteiger partial charge on any atom is 0.141 e. The van der Waals surface area contributed by atoms with E-state index < -0.39 is 0 Å². The fraction of sp³-hybridized carbons (Fsp3) is 0.240. The van der Waals surface area contributed by atoms with Crippen LogP contribution in [0.1, 0.15) is 5.56 Å². The van der Waals surface area contributed by atoms with E-state index in [1.165, 1.54) is 0 Å². The lowest BCUT2D eigenvalue weighted by Gasteiger charge is -2.36. The Morgan fingerprint density at radius 3 is 2.41 bits per heavy atom. The van der Waals surface area contributed by atoms with Gasteiger partial charge in [-0.15, -0.1) is 0 Å². The number of ether oxygens (including phenoxy) is 2. The van der Waals surface area contributed by atoms with Gasteiger partial charge in [0.2, 0.25) is 0 Å². The fourth-order valence-electron chi connectivity index (χ4n) is 4.19. The molecular formula is C25H23ClN6O2. The van der Waals surface area contributed by atoms with Crippen LogP contribution >= 0.6 is 11.6 Å². The first-order valence-electron chi connectivity index (χ1n) is 10.9. The molecular weight excluding hydrogens is 452 g/mol. The number of hydrogen-bond donors (Lipinski definition) is 0. The lowest BCUT2D eigenvalue weighted by Crippen LogP contribution is -2.46. The van der Waals surface area contributed by atoms with Gasteiger partial charge in [-0.25, -0.2) is 9.97 Å². The molecule has 1 fully saturated rings. The molecule has 1 aromatic carbocycles. The molecule has 0 aliphatic carbocycles. The zero-order valence-electron chi connectivity index (χ0n) is 18.9. The molecule has 0 amide bonds. The number of halogens is 1. The van der Waals surface area contributed by atoms with Crippen molar-refractivity contribution in [1.29, 1.82) is 5.26 Å². The summed E-state index contributed by atoms with van der Waals surface area (Å²) in [7, 11) is 3.20. The van der Waals surface area contributed by atoms with Crippen molar-refractivity contribution in [2.75, 3.05) is 50.2 Å².